The fourth-order valence-electron chi connectivity index (χ4n) is 7.99. The second kappa shape index (κ2) is 12.1. The van der Waals surface area contributed by atoms with Crippen molar-refractivity contribution in [2.45, 2.75) is 19.3 Å². The van der Waals surface area contributed by atoms with Crippen LogP contribution in [0, 0.1) is 0 Å². The first-order valence-corrected chi connectivity index (χ1v) is 17.4. The van der Waals surface area contributed by atoms with Crippen LogP contribution in [0.3, 0.4) is 0 Å². The summed E-state index contributed by atoms with van der Waals surface area (Å²) in [6.45, 7) is 4.73. The summed E-state index contributed by atoms with van der Waals surface area (Å²) in [6, 6.07) is 68.6. The van der Waals surface area contributed by atoms with Crippen molar-refractivity contribution in [3.63, 3.8) is 0 Å². The van der Waals surface area contributed by atoms with Crippen molar-refractivity contribution in [1.82, 2.24) is 0 Å². The van der Waals surface area contributed by atoms with Gasteiger partial charge in [0.05, 0.1) is 11.4 Å². The average Bonchev–Trinajstić information content (AvgIpc) is 3.41. The van der Waals surface area contributed by atoms with Crippen LogP contribution in [0.4, 0.5) is 17.1 Å². The molecule has 8 aromatic rings. The Hall–Kier alpha value is -6.18. The van der Waals surface area contributed by atoms with E-state index in [9.17, 15) is 0 Å². The van der Waals surface area contributed by atoms with Gasteiger partial charge in [0, 0.05) is 22.1 Å². The number of hydrogen-bond donors (Lipinski definition) is 0. The third-order valence-corrected chi connectivity index (χ3v) is 10.5. The van der Waals surface area contributed by atoms with Crippen LogP contribution in [0.25, 0.3) is 55.3 Å². The number of hydrogen-bond acceptors (Lipinski definition) is 1. The van der Waals surface area contributed by atoms with Crippen molar-refractivity contribution in [2.75, 3.05) is 4.90 Å². The van der Waals surface area contributed by atoms with Crippen molar-refractivity contribution in [1.29, 1.82) is 0 Å². The lowest BCUT2D eigenvalue weighted by atomic mass is 9.82. The van der Waals surface area contributed by atoms with E-state index < -0.39 is 0 Å². The normalized spacial score (nSPS) is 12.8. The molecule has 8 aromatic carbocycles. The van der Waals surface area contributed by atoms with Crippen LogP contribution in [-0.2, 0) is 5.41 Å². The molecule has 0 saturated heterocycles. The number of fused-ring (bicyclic) bond motifs is 4. The summed E-state index contributed by atoms with van der Waals surface area (Å²) in [4.78, 5) is 2.48. The van der Waals surface area contributed by atoms with Gasteiger partial charge in [0.2, 0.25) is 0 Å². The number of anilines is 3. The Morgan fingerprint density at radius 1 is 0.380 bits per heavy atom. The van der Waals surface area contributed by atoms with Gasteiger partial charge in [-0.15, -0.1) is 0 Å². The van der Waals surface area contributed by atoms with Crippen molar-refractivity contribution >= 4 is 27.8 Å². The number of rotatable bonds is 6. The molecule has 1 heteroatoms. The smallest absolute Gasteiger partial charge is 0.0540 e. The van der Waals surface area contributed by atoms with Gasteiger partial charge in [0.25, 0.3) is 0 Å². The first-order valence-electron chi connectivity index (χ1n) is 17.4. The first kappa shape index (κ1) is 29.9. The van der Waals surface area contributed by atoms with Gasteiger partial charge in [-0.05, 0) is 85.8 Å². The zero-order chi connectivity index (χ0) is 33.7. The van der Waals surface area contributed by atoms with E-state index >= 15 is 0 Å². The minimum Gasteiger partial charge on any atom is -0.309 e. The maximum absolute atomic E-state index is 2.48. The summed E-state index contributed by atoms with van der Waals surface area (Å²) in [5.74, 6) is 0. The lowest BCUT2D eigenvalue weighted by Crippen LogP contribution is -2.15. The molecule has 9 rings (SSSR count). The SMILES string of the molecule is CC1(C)c2ccc(N(c3ccc(-c4ccccc4)cc3-c3ccccc3)c3cccc4ccccc34)cc2-c2c(-c3ccccc3)cccc21. The molecule has 1 aliphatic carbocycles. The largest absolute Gasteiger partial charge is 0.309 e. The molecule has 0 aliphatic heterocycles. The van der Waals surface area contributed by atoms with Crippen LogP contribution in [0.1, 0.15) is 25.0 Å². The van der Waals surface area contributed by atoms with E-state index in [1.165, 1.54) is 66.4 Å². The highest BCUT2D eigenvalue weighted by molar-refractivity contribution is 6.03. The monoisotopic (exact) mass is 639 g/mol. The molecular formula is C49H37N. The fourth-order valence-corrected chi connectivity index (χ4v) is 7.99. The Bertz CT molecular complexity index is 2490. The molecule has 0 atom stereocenters. The van der Waals surface area contributed by atoms with Crippen molar-refractivity contribution in [2.24, 2.45) is 0 Å². The third kappa shape index (κ3) is 4.94. The Labute approximate surface area is 294 Å². The molecule has 0 bridgehead atoms. The minimum absolute atomic E-state index is 0.120. The van der Waals surface area contributed by atoms with Crippen LogP contribution >= 0.6 is 0 Å². The van der Waals surface area contributed by atoms with Crippen molar-refractivity contribution in [3.05, 3.63) is 199 Å². The summed E-state index contributed by atoms with van der Waals surface area (Å²) < 4.78 is 0. The third-order valence-electron chi connectivity index (χ3n) is 10.5. The molecule has 0 aromatic heterocycles. The van der Waals surface area contributed by atoms with Crippen LogP contribution in [0.2, 0.25) is 0 Å². The zero-order valence-corrected chi connectivity index (χ0v) is 28.3. The Morgan fingerprint density at radius 2 is 1.00 bits per heavy atom. The van der Waals surface area contributed by atoms with Crippen LogP contribution in [0.5, 0.6) is 0 Å². The summed E-state index contributed by atoms with van der Waals surface area (Å²) in [7, 11) is 0. The van der Waals surface area contributed by atoms with Gasteiger partial charge >= 0.3 is 0 Å². The molecule has 0 spiro atoms. The van der Waals surface area contributed by atoms with E-state index in [4.69, 9.17) is 0 Å². The quantitative estimate of drug-likeness (QED) is 0.175. The highest BCUT2D eigenvalue weighted by atomic mass is 15.1. The standard InChI is InChI=1S/C49H37N/c1-49(2)44-30-29-39(33-43(44)48-41(25-15-26-45(48)49)36-18-8-4-9-19-36)50(46-27-14-23-35-22-12-13-24-40(35)46)47-31-28-38(34-16-6-3-7-17-34)32-42(47)37-20-10-5-11-21-37/h3-33H,1-2H3. The van der Waals surface area contributed by atoms with Crippen LogP contribution < -0.4 is 4.90 Å². The first-order chi connectivity index (χ1) is 24.6. The Kier molecular flexibility index (Phi) is 7.21. The van der Waals surface area contributed by atoms with E-state index in [0.29, 0.717) is 0 Å². The van der Waals surface area contributed by atoms with Crippen LogP contribution in [-0.4, -0.2) is 0 Å². The summed E-state index contributed by atoms with van der Waals surface area (Å²) in [5, 5.41) is 2.43. The van der Waals surface area contributed by atoms with Gasteiger partial charge in [-0.3, -0.25) is 0 Å². The van der Waals surface area contributed by atoms with E-state index in [0.717, 1.165) is 17.1 Å². The van der Waals surface area contributed by atoms with Gasteiger partial charge < -0.3 is 4.90 Å². The number of nitrogens with zero attached hydrogens (tertiary/aromatic N) is 1. The lowest BCUT2D eigenvalue weighted by molar-refractivity contribution is 0.660. The number of benzene rings is 8. The summed E-state index contributed by atoms with van der Waals surface area (Å²) in [6.07, 6.45) is 0. The van der Waals surface area contributed by atoms with Gasteiger partial charge in [0.1, 0.15) is 0 Å². The molecule has 0 radical (unpaired) electrons. The molecule has 0 fully saturated rings. The predicted octanol–water partition coefficient (Wildman–Crippen LogP) is 13.6. The van der Waals surface area contributed by atoms with Crippen molar-refractivity contribution < 1.29 is 0 Å². The molecule has 50 heavy (non-hydrogen) atoms. The van der Waals surface area contributed by atoms with Crippen molar-refractivity contribution in [3.8, 4) is 44.5 Å². The zero-order valence-electron chi connectivity index (χ0n) is 28.3. The Balaban J connectivity index is 1.33. The topological polar surface area (TPSA) is 3.24 Å². The van der Waals surface area contributed by atoms with Crippen LogP contribution in [0.15, 0.2) is 188 Å². The summed E-state index contributed by atoms with van der Waals surface area (Å²) in [5.41, 5.74) is 16.0. The van der Waals surface area contributed by atoms with E-state index in [1.807, 2.05) is 0 Å². The molecule has 0 unspecified atom stereocenters. The molecule has 1 aliphatic rings. The van der Waals surface area contributed by atoms with Gasteiger partial charge in [-0.25, -0.2) is 0 Å². The van der Waals surface area contributed by atoms with Gasteiger partial charge in [-0.2, -0.15) is 0 Å². The molecule has 0 amide bonds. The highest BCUT2D eigenvalue weighted by Crippen LogP contribution is 2.54. The predicted molar refractivity (Wildman–Crippen MR) is 213 cm³/mol. The molecule has 0 saturated carbocycles. The summed E-state index contributed by atoms with van der Waals surface area (Å²) >= 11 is 0. The van der Waals surface area contributed by atoms with Gasteiger partial charge in [-0.1, -0.05) is 172 Å². The average molecular weight is 640 g/mol. The molecular weight excluding hydrogens is 603 g/mol. The van der Waals surface area contributed by atoms with Gasteiger partial charge in [0.15, 0.2) is 0 Å². The van der Waals surface area contributed by atoms with E-state index in [2.05, 4.69) is 207 Å². The molecule has 0 N–H and O–H groups in total. The molecule has 1 nitrogen and oxygen atoms in total. The van der Waals surface area contributed by atoms with E-state index in [-0.39, 0.29) is 5.41 Å². The highest BCUT2D eigenvalue weighted by Gasteiger charge is 2.37. The van der Waals surface area contributed by atoms with E-state index in [1.54, 1.807) is 0 Å². The molecule has 238 valence electrons. The lowest BCUT2D eigenvalue weighted by Gasteiger charge is -2.30. The fraction of sp³-hybridized carbons (Fsp3) is 0.0612. The molecule has 0 heterocycles. The minimum atomic E-state index is -0.120. The maximum atomic E-state index is 2.48. The second-order valence-electron chi connectivity index (χ2n) is 13.7. The maximum Gasteiger partial charge on any atom is 0.0540 e. The second-order valence-corrected chi connectivity index (χ2v) is 13.7. The Morgan fingerprint density at radius 3 is 1.74 bits per heavy atom.